The third kappa shape index (κ3) is 3.28. The zero-order valence-corrected chi connectivity index (χ0v) is 12.0. The minimum atomic E-state index is 0.975. The highest BCUT2D eigenvalue weighted by Crippen LogP contribution is 2.21. The van der Waals surface area contributed by atoms with Crippen molar-refractivity contribution in [2.24, 2.45) is 0 Å². The molecule has 0 nitrogen and oxygen atoms in total. The zero-order valence-electron chi connectivity index (χ0n) is 12.0. The van der Waals surface area contributed by atoms with E-state index in [1.807, 2.05) is 36.4 Å². The molecular formula is C20H18. The summed E-state index contributed by atoms with van der Waals surface area (Å²) in [6.07, 6.45) is 1.83. The summed E-state index contributed by atoms with van der Waals surface area (Å²) >= 11 is 0. The van der Waals surface area contributed by atoms with Crippen LogP contribution in [0.25, 0.3) is 5.57 Å². The highest BCUT2D eigenvalue weighted by Gasteiger charge is 2.02. The molecular weight excluding hydrogens is 240 g/mol. The molecule has 0 atom stereocenters. The quantitative estimate of drug-likeness (QED) is 0.525. The van der Waals surface area contributed by atoms with Gasteiger partial charge in [0.25, 0.3) is 0 Å². The zero-order chi connectivity index (χ0) is 14.4. The standard InChI is InChI=1S/C20H18/c1-4-19(15-14-18-11-6-5-7-12-18)17(3)20-13-9-8-10-16(20)2/h4-13H,1H2,2-3H3/b19-17+. The molecule has 0 fully saturated rings. The molecule has 0 radical (unpaired) electrons. The van der Waals surface area contributed by atoms with Crippen LogP contribution in [0.1, 0.15) is 23.6 Å². The summed E-state index contributed by atoms with van der Waals surface area (Å²) in [5, 5.41) is 0. The van der Waals surface area contributed by atoms with Gasteiger partial charge in [0.15, 0.2) is 0 Å². The maximum atomic E-state index is 3.89. The van der Waals surface area contributed by atoms with Crippen molar-refractivity contribution in [3.63, 3.8) is 0 Å². The summed E-state index contributed by atoms with van der Waals surface area (Å²) in [5.74, 6) is 6.41. The van der Waals surface area contributed by atoms with Gasteiger partial charge in [-0.2, -0.15) is 0 Å². The van der Waals surface area contributed by atoms with Crippen molar-refractivity contribution in [3.8, 4) is 11.8 Å². The molecule has 20 heavy (non-hydrogen) atoms. The lowest BCUT2D eigenvalue weighted by atomic mass is 9.97. The number of aryl methyl sites for hydroxylation is 1. The maximum absolute atomic E-state index is 3.89. The molecule has 2 aromatic rings. The molecule has 0 unspecified atom stereocenters. The molecule has 98 valence electrons. The highest BCUT2D eigenvalue weighted by molar-refractivity contribution is 5.75. The van der Waals surface area contributed by atoms with E-state index in [-0.39, 0.29) is 0 Å². The Kier molecular flexibility index (Phi) is 4.58. The first-order chi connectivity index (χ1) is 9.72. The van der Waals surface area contributed by atoms with E-state index in [0.717, 1.165) is 11.1 Å². The molecule has 0 saturated carbocycles. The van der Waals surface area contributed by atoms with Crippen molar-refractivity contribution in [2.45, 2.75) is 13.8 Å². The van der Waals surface area contributed by atoms with E-state index in [4.69, 9.17) is 0 Å². The van der Waals surface area contributed by atoms with Gasteiger partial charge in [-0.15, -0.1) is 0 Å². The Bertz CT molecular complexity index is 692. The highest BCUT2D eigenvalue weighted by atomic mass is 14.1. The second-order valence-electron chi connectivity index (χ2n) is 4.67. The molecule has 0 bridgehead atoms. The first-order valence-electron chi connectivity index (χ1n) is 6.68. The predicted octanol–water partition coefficient (Wildman–Crippen LogP) is 5.01. The van der Waals surface area contributed by atoms with Crippen LogP contribution in [0.3, 0.4) is 0 Å². The van der Waals surface area contributed by atoms with Crippen LogP contribution in [-0.2, 0) is 0 Å². The van der Waals surface area contributed by atoms with Crippen molar-refractivity contribution in [3.05, 3.63) is 89.5 Å². The first-order valence-corrected chi connectivity index (χ1v) is 6.68. The lowest BCUT2D eigenvalue weighted by Gasteiger charge is -2.07. The van der Waals surface area contributed by atoms with Gasteiger partial charge in [0.2, 0.25) is 0 Å². The van der Waals surface area contributed by atoms with E-state index in [0.29, 0.717) is 0 Å². The summed E-state index contributed by atoms with van der Waals surface area (Å²) in [5.41, 5.74) is 5.64. The van der Waals surface area contributed by atoms with Crippen LogP contribution in [0.2, 0.25) is 0 Å². The molecule has 0 amide bonds. The molecule has 0 spiro atoms. The SMILES string of the molecule is C=C/C(C#Cc1ccccc1)=C(/C)c1ccccc1C. The van der Waals surface area contributed by atoms with Crippen LogP contribution >= 0.6 is 0 Å². The maximum Gasteiger partial charge on any atom is 0.0278 e. The van der Waals surface area contributed by atoms with Gasteiger partial charge in [0.05, 0.1) is 0 Å². The van der Waals surface area contributed by atoms with Crippen molar-refractivity contribution < 1.29 is 0 Å². The Labute approximate surface area is 121 Å². The van der Waals surface area contributed by atoms with Gasteiger partial charge in [-0.1, -0.05) is 67.0 Å². The van der Waals surface area contributed by atoms with Crippen LogP contribution in [0, 0.1) is 18.8 Å². The summed E-state index contributed by atoms with van der Waals surface area (Å²) in [4.78, 5) is 0. The van der Waals surface area contributed by atoms with Gasteiger partial charge in [-0.3, -0.25) is 0 Å². The molecule has 0 aliphatic carbocycles. The van der Waals surface area contributed by atoms with Crippen molar-refractivity contribution in [2.75, 3.05) is 0 Å². The monoisotopic (exact) mass is 258 g/mol. The van der Waals surface area contributed by atoms with Crippen molar-refractivity contribution >= 4 is 5.57 Å². The van der Waals surface area contributed by atoms with E-state index in [9.17, 15) is 0 Å². The van der Waals surface area contributed by atoms with Crippen molar-refractivity contribution in [1.82, 2.24) is 0 Å². The second kappa shape index (κ2) is 6.59. The molecule has 0 heteroatoms. The molecule has 2 rings (SSSR count). The Morgan fingerprint density at radius 2 is 1.65 bits per heavy atom. The van der Waals surface area contributed by atoms with E-state index < -0.39 is 0 Å². The largest absolute Gasteiger partial charge is 0.0978 e. The number of benzene rings is 2. The van der Waals surface area contributed by atoms with Gasteiger partial charge >= 0.3 is 0 Å². The Morgan fingerprint density at radius 1 is 1.00 bits per heavy atom. The minimum absolute atomic E-state index is 0.975. The molecule has 2 aromatic carbocycles. The number of allylic oxidation sites excluding steroid dienone is 3. The molecule has 0 N–H and O–H groups in total. The van der Waals surface area contributed by atoms with Gasteiger partial charge in [-0.25, -0.2) is 0 Å². The van der Waals surface area contributed by atoms with E-state index in [1.54, 1.807) is 0 Å². The van der Waals surface area contributed by atoms with Crippen LogP contribution in [-0.4, -0.2) is 0 Å². The van der Waals surface area contributed by atoms with E-state index in [1.165, 1.54) is 16.7 Å². The smallest absolute Gasteiger partial charge is 0.0278 e. The third-order valence-corrected chi connectivity index (χ3v) is 3.27. The fourth-order valence-corrected chi connectivity index (χ4v) is 2.10. The number of hydrogen-bond acceptors (Lipinski definition) is 0. The molecule has 0 aromatic heterocycles. The number of rotatable bonds is 2. The lowest BCUT2D eigenvalue weighted by Crippen LogP contribution is -1.88. The fourth-order valence-electron chi connectivity index (χ4n) is 2.10. The second-order valence-corrected chi connectivity index (χ2v) is 4.67. The molecule has 0 aliphatic rings. The normalized spacial score (nSPS) is 11.1. The molecule has 0 saturated heterocycles. The molecule has 0 heterocycles. The van der Waals surface area contributed by atoms with Crippen LogP contribution in [0.15, 0.2) is 72.8 Å². The Hall–Kier alpha value is -2.52. The number of hydrogen-bond donors (Lipinski definition) is 0. The lowest BCUT2D eigenvalue weighted by molar-refractivity contribution is 1.40. The van der Waals surface area contributed by atoms with E-state index in [2.05, 4.69) is 56.5 Å². The minimum Gasteiger partial charge on any atom is -0.0978 e. The van der Waals surface area contributed by atoms with Crippen molar-refractivity contribution in [1.29, 1.82) is 0 Å². The Morgan fingerprint density at radius 3 is 2.30 bits per heavy atom. The van der Waals surface area contributed by atoms with E-state index >= 15 is 0 Å². The van der Waals surface area contributed by atoms with Crippen LogP contribution in [0.4, 0.5) is 0 Å². The van der Waals surface area contributed by atoms with Gasteiger partial charge in [-0.05, 0) is 42.7 Å². The topological polar surface area (TPSA) is 0 Å². The Balaban J connectivity index is 2.42. The van der Waals surface area contributed by atoms with Gasteiger partial charge in [0, 0.05) is 11.1 Å². The predicted molar refractivity (Wildman–Crippen MR) is 87.3 cm³/mol. The fraction of sp³-hybridized carbons (Fsp3) is 0.100. The summed E-state index contributed by atoms with van der Waals surface area (Å²) in [6.45, 7) is 8.10. The average Bonchev–Trinajstić information content (AvgIpc) is 2.49. The summed E-state index contributed by atoms with van der Waals surface area (Å²) in [7, 11) is 0. The van der Waals surface area contributed by atoms with Crippen LogP contribution < -0.4 is 0 Å². The summed E-state index contributed by atoms with van der Waals surface area (Å²) in [6, 6.07) is 18.3. The van der Waals surface area contributed by atoms with Gasteiger partial charge in [0.1, 0.15) is 0 Å². The first kappa shape index (κ1) is 13.9. The third-order valence-electron chi connectivity index (χ3n) is 3.27. The molecule has 0 aliphatic heterocycles. The van der Waals surface area contributed by atoms with Crippen LogP contribution in [0.5, 0.6) is 0 Å². The average molecular weight is 258 g/mol. The van der Waals surface area contributed by atoms with Gasteiger partial charge < -0.3 is 0 Å². The summed E-state index contributed by atoms with van der Waals surface area (Å²) < 4.78 is 0.